The van der Waals surface area contributed by atoms with Crippen LogP contribution in [0.3, 0.4) is 0 Å². The number of carbonyl (C=O) groups is 1. The maximum absolute atomic E-state index is 11.9. The fraction of sp³-hybridized carbons (Fsp3) is 0.615. The van der Waals surface area contributed by atoms with E-state index in [0.717, 1.165) is 30.6 Å². The molecule has 0 bridgehead atoms. The highest BCUT2D eigenvalue weighted by Gasteiger charge is 2.14. The van der Waals surface area contributed by atoms with E-state index in [1.165, 1.54) is 4.68 Å². The van der Waals surface area contributed by atoms with Crippen LogP contribution in [0, 0.1) is 0 Å². The van der Waals surface area contributed by atoms with Crippen molar-refractivity contribution in [3.05, 3.63) is 27.7 Å². The van der Waals surface area contributed by atoms with E-state index in [1.54, 1.807) is 6.07 Å². The number of hydrogen-bond donors (Lipinski definition) is 2. The van der Waals surface area contributed by atoms with Crippen molar-refractivity contribution in [2.75, 3.05) is 6.54 Å². The molecule has 6 heteroatoms. The van der Waals surface area contributed by atoms with Crippen LogP contribution < -0.4 is 16.2 Å². The molecular weight excluding hydrogens is 244 g/mol. The van der Waals surface area contributed by atoms with E-state index in [2.05, 4.69) is 15.7 Å². The first-order valence-corrected chi connectivity index (χ1v) is 6.70. The summed E-state index contributed by atoms with van der Waals surface area (Å²) in [6, 6.07) is 1.69. The molecule has 6 nitrogen and oxygen atoms in total. The highest BCUT2D eigenvalue weighted by Crippen LogP contribution is 2.07. The number of carbonyl (C=O) groups excluding carboxylic acids is 1. The lowest BCUT2D eigenvalue weighted by Gasteiger charge is -2.17. The Morgan fingerprint density at radius 3 is 3.16 bits per heavy atom. The van der Waals surface area contributed by atoms with Gasteiger partial charge in [-0.3, -0.25) is 9.59 Å². The Bertz CT molecular complexity index is 524. The van der Waals surface area contributed by atoms with E-state index in [9.17, 15) is 9.59 Å². The third-order valence-corrected chi connectivity index (χ3v) is 3.33. The van der Waals surface area contributed by atoms with Crippen LogP contribution in [-0.2, 0) is 24.3 Å². The van der Waals surface area contributed by atoms with E-state index >= 15 is 0 Å². The quantitative estimate of drug-likeness (QED) is 0.790. The molecular formula is C13H20N4O2. The lowest BCUT2D eigenvalue weighted by atomic mass is 10.1. The molecule has 0 spiro atoms. The van der Waals surface area contributed by atoms with Gasteiger partial charge in [0.15, 0.2) is 0 Å². The number of nitrogens with zero attached hydrogens (tertiary/aromatic N) is 2. The third-order valence-electron chi connectivity index (χ3n) is 3.33. The van der Waals surface area contributed by atoms with Crippen molar-refractivity contribution in [1.29, 1.82) is 0 Å². The van der Waals surface area contributed by atoms with Gasteiger partial charge in [-0.25, -0.2) is 4.68 Å². The number of hydrogen-bond acceptors (Lipinski definition) is 4. The van der Waals surface area contributed by atoms with Gasteiger partial charge in [0.25, 0.3) is 5.56 Å². The van der Waals surface area contributed by atoms with E-state index < -0.39 is 0 Å². The van der Waals surface area contributed by atoms with Crippen molar-refractivity contribution >= 4 is 5.91 Å². The lowest BCUT2D eigenvalue weighted by molar-refractivity contribution is -0.122. The zero-order valence-corrected chi connectivity index (χ0v) is 11.4. The maximum Gasteiger partial charge on any atom is 0.267 e. The van der Waals surface area contributed by atoms with Crippen molar-refractivity contribution < 1.29 is 4.79 Å². The standard InChI is InChI=1S/C13H20N4O2/c1-3-9(2)15-12(18)8-17-13(19)6-10-7-14-5-4-11(10)16-17/h6,9,14H,3-5,7-8H2,1-2H3,(H,15,18). The van der Waals surface area contributed by atoms with Crippen molar-refractivity contribution in [2.24, 2.45) is 0 Å². The Morgan fingerprint density at radius 2 is 2.42 bits per heavy atom. The van der Waals surface area contributed by atoms with Crippen LogP contribution >= 0.6 is 0 Å². The number of fused-ring (bicyclic) bond motifs is 1. The van der Waals surface area contributed by atoms with Gasteiger partial charge >= 0.3 is 0 Å². The van der Waals surface area contributed by atoms with Crippen molar-refractivity contribution in [3.8, 4) is 0 Å². The first-order valence-electron chi connectivity index (χ1n) is 6.70. The molecule has 0 saturated carbocycles. The molecule has 19 heavy (non-hydrogen) atoms. The Balaban J connectivity index is 2.12. The Morgan fingerprint density at radius 1 is 1.63 bits per heavy atom. The summed E-state index contributed by atoms with van der Waals surface area (Å²) in [4.78, 5) is 23.7. The van der Waals surface area contributed by atoms with Crippen LogP contribution in [0.15, 0.2) is 10.9 Å². The summed E-state index contributed by atoms with van der Waals surface area (Å²) in [7, 11) is 0. The fourth-order valence-corrected chi connectivity index (χ4v) is 2.03. The maximum atomic E-state index is 11.9. The van der Waals surface area contributed by atoms with E-state index in [0.29, 0.717) is 6.54 Å². The van der Waals surface area contributed by atoms with Crippen LogP contribution in [0.25, 0.3) is 0 Å². The van der Waals surface area contributed by atoms with Gasteiger partial charge in [0.05, 0.1) is 5.69 Å². The molecule has 1 aliphatic heterocycles. The molecule has 1 aliphatic rings. The summed E-state index contributed by atoms with van der Waals surface area (Å²) in [5.41, 5.74) is 1.63. The summed E-state index contributed by atoms with van der Waals surface area (Å²) in [6.07, 6.45) is 1.66. The smallest absolute Gasteiger partial charge is 0.267 e. The molecule has 0 saturated heterocycles. The topological polar surface area (TPSA) is 76.0 Å². The number of rotatable bonds is 4. The second-order valence-corrected chi connectivity index (χ2v) is 4.92. The van der Waals surface area contributed by atoms with Crippen molar-refractivity contribution in [2.45, 2.75) is 45.8 Å². The molecule has 0 aromatic carbocycles. The van der Waals surface area contributed by atoms with Gasteiger partial charge in [-0.15, -0.1) is 0 Å². The van der Waals surface area contributed by atoms with E-state index in [-0.39, 0.29) is 24.1 Å². The molecule has 1 aromatic heterocycles. The normalized spacial score (nSPS) is 15.7. The van der Waals surface area contributed by atoms with Crippen LogP contribution in [-0.4, -0.2) is 28.3 Å². The summed E-state index contributed by atoms with van der Waals surface area (Å²) in [6.45, 7) is 5.46. The Labute approximate surface area is 112 Å². The summed E-state index contributed by atoms with van der Waals surface area (Å²) >= 11 is 0. The summed E-state index contributed by atoms with van der Waals surface area (Å²) < 4.78 is 1.25. The number of aromatic nitrogens is 2. The number of nitrogens with one attached hydrogen (secondary N) is 2. The summed E-state index contributed by atoms with van der Waals surface area (Å²) in [5.74, 6) is -0.169. The minimum absolute atomic E-state index is 0.0100. The average molecular weight is 264 g/mol. The average Bonchev–Trinajstić information content (AvgIpc) is 2.39. The van der Waals surface area contributed by atoms with Crippen molar-refractivity contribution in [3.63, 3.8) is 0 Å². The molecule has 0 aliphatic carbocycles. The molecule has 1 unspecified atom stereocenters. The second-order valence-electron chi connectivity index (χ2n) is 4.92. The van der Waals surface area contributed by atoms with E-state index in [4.69, 9.17) is 0 Å². The third kappa shape index (κ3) is 3.41. The van der Waals surface area contributed by atoms with Crippen molar-refractivity contribution in [1.82, 2.24) is 20.4 Å². The molecule has 104 valence electrons. The van der Waals surface area contributed by atoms with E-state index in [1.807, 2.05) is 13.8 Å². The van der Waals surface area contributed by atoms with Crippen LogP contribution in [0.5, 0.6) is 0 Å². The monoisotopic (exact) mass is 264 g/mol. The molecule has 2 N–H and O–H groups in total. The molecule has 0 radical (unpaired) electrons. The minimum atomic E-state index is -0.221. The van der Waals surface area contributed by atoms with Crippen LogP contribution in [0.1, 0.15) is 31.5 Å². The van der Waals surface area contributed by atoms with Gasteiger partial charge in [0, 0.05) is 31.6 Å². The number of amides is 1. The highest BCUT2D eigenvalue weighted by molar-refractivity contribution is 5.75. The first kappa shape index (κ1) is 13.7. The second kappa shape index (κ2) is 5.97. The minimum Gasteiger partial charge on any atom is -0.352 e. The lowest BCUT2D eigenvalue weighted by Crippen LogP contribution is -2.39. The summed E-state index contributed by atoms with van der Waals surface area (Å²) in [5, 5.41) is 10.3. The SMILES string of the molecule is CCC(C)NC(=O)Cn1nc2c(cc1=O)CNCC2. The van der Waals surface area contributed by atoms with Crippen LogP contribution in [0.4, 0.5) is 0 Å². The zero-order chi connectivity index (χ0) is 13.8. The molecule has 1 atom stereocenters. The molecule has 2 rings (SSSR count). The zero-order valence-electron chi connectivity index (χ0n) is 11.4. The predicted octanol–water partition coefficient (Wildman–Crippen LogP) is -0.196. The van der Waals surface area contributed by atoms with Gasteiger partial charge in [-0.2, -0.15) is 5.10 Å². The molecule has 1 aromatic rings. The van der Waals surface area contributed by atoms with Crippen LogP contribution in [0.2, 0.25) is 0 Å². The van der Waals surface area contributed by atoms with Gasteiger partial charge in [0.1, 0.15) is 6.54 Å². The van der Waals surface area contributed by atoms with Gasteiger partial charge in [-0.05, 0) is 18.9 Å². The first-order chi connectivity index (χ1) is 9.10. The molecule has 0 fully saturated rings. The van der Waals surface area contributed by atoms with Gasteiger partial charge in [-0.1, -0.05) is 6.92 Å². The highest BCUT2D eigenvalue weighted by atomic mass is 16.2. The fourth-order valence-electron chi connectivity index (χ4n) is 2.03. The Hall–Kier alpha value is -1.69. The Kier molecular flexibility index (Phi) is 4.31. The predicted molar refractivity (Wildman–Crippen MR) is 71.8 cm³/mol. The van der Waals surface area contributed by atoms with Gasteiger partial charge in [0.2, 0.25) is 5.91 Å². The molecule has 2 heterocycles. The van der Waals surface area contributed by atoms with Gasteiger partial charge < -0.3 is 10.6 Å². The largest absolute Gasteiger partial charge is 0.352 e. The molecule has 1 amide bonds.